The Morgan fingerprint density at radius 2 is 1.75 bits per heavy atom. The first kappa shape index (κ1) is 42.7. The molecule has 1 aromatic heterocycles. The number of halogens is 1. The van der Waals surface area contributed by atoms with Crippen molar-refractivity contribution in [2.24, 2.45) is 11.3 Å². The molecular weight excluding hydrogens is 804 g/mol. The number of fused-ring (bicyclic) bond motifs is 1. The van der Waals surface area contributed by atoms with E-state index < -0.39 is 37.5 Å². The lowest BCUT2D eigenvalue weighted by atomic mass is 9.72. The van der Waals surface area contributed by atoms with Gasteiger partial charge in [-0.3, -0.25) is 19.8 Å². The fraction of sp³-hybridized carbons (Fsp3) is 0.356. The van der Waals surface area contributed by atoms with Crippen molar-refractivity contribution in [2.45, 2.75) is 57.9 Å². The Bertz CT molecular complexity index is 2530. The van der Waals surface area contributed by atoms with Crippen LogP contribution in [0.4, 0.5) is 17.1 Å². The highest BCUT2D eigenvalue weighted by molar-refractivity contribution is 7.90. The molecule has 2 heterocycles. The lowest BCUT2D eigenvalue weighted by molar-refractivity contribution is -0.384. The summed E-state index contributed by atoms with van der Waals surface area (Å²) < 4.78 is 35.7. The van der Waals surface area contributed by atoms with Crippen LogP contribution in [0.15, 0.2) is 102 Å². The van der Waals surface area contributed by atoms with Crippen LogP contribution < -0.4 is 19.7 Å². The van der Waals surface area contributed by atoms with E-state index in [0.29, 0.717) is 5.75 Å². The van der Waals surface area contributed by atoms with Crippen LogP contribution in [0.5, 0.6) is 11.5 Å². The number of allylic oxidation sites excluding steroid dienone is 1. The van der Waals surface area contributed by atoms with Crippen molar-refractivity contribution in [3.8, 4) is 11.5 Å². The van der Waals surface area contributed by atoms with E-state index in [4.69, 9.17) is 16.3 Å². The van der Waals surface area contributed by atoms with E-state index in [1.165, 1.54) is 28.8 Å². The zero-order valence-electron chi connectivity index (χ0n) is 34.2. The summed E-state index contributed by atoms with van der Waals surface area (Å²) in [7, 11) is -4.59. The van der Waals surface area contributed by atoms with Crippen molar-refractivity contribution in [3.63, 3.8) is 0 Å². The third-order valence-corrected chi connectivity index (χ3v) is 13.1. The van der Waals surface area contributed by atoms with Crippen LogP contribution in [0.3, 0.4) is 0 Å². The molecule has 1 amide bonds. The molecule has 0 spiro atoms. The molecule has 1 aliphatic carbocycles. The number of hydrogen-bond acceptors (Lipinski definition) is 10. The summed E-state index contributed by atoms with van der Waals surface area (Å²) in [4.78, 5) is 32.6. The van der Waals surface area contributed by atoms with E-state index in [-0.39, 0.29) is 34.9 Å². The minimum Gasteiger partial charge on any atom is -0.456 e. The fourth-order valence-corrected chi connectivity index (χ4v) is 9.02. The average molecular weight is 855 g/mol. The number of carbonyl (C=O) groups is 1. The summed E-state index contributed by atoms with van der Waals surface area (Å²) in [6.07, 6.45) is 5.00. The molecule has 15 heteroatoms. The number of rotatable bonds is 14. The van der Waals surface area contributed by atoms with Gasteiger partial charge in [-0.15, -0.1) is 0 Å². The van der Waals surface area contributed by atoms with Crippen LogP contribution in [0.2, 0.25) is 5.02 Å². The monoisotopic (exact) mass is 854 g/mol. The highest BCUT2D eigenvalue weighted by Crippen LogP contribution is 2.43. The first-order chi connectivity index (χ1) is 28.6. The number of nitro benzene ring substituents is 1. The SMILES string of the molecule is CC(C)[C@H](CO)Nc1ccc(S(=O)(=O)NC(=O)c2ccc(N3CCN(CC4=C(c5ccc(Cl)cc5)CC(C)(C)CC4)CC3)cc2Oc2ccc3[nH]ccc3c2)cc1[N+](=O)[O-]. The van der Waals surface area contributed by atoms with Gasteiger partial charge in [-0.2, -0.15) is 0 Å². The van der Waals surface area contributed by atoms with Gasteiger partial charge in [0.1, 0.15) is 17.2 Å². The molecule has 316 valence electrons. The second kappa shape index (κ2) is 17.7. The Labute approximate surface area is 355 Å². The summed E-state index contributed by atoms with van der Waals surface area (Å²) in [5.41, 5.74) is 5.53. The van der Waals surface area contributed by atoms with Crippen molar-refractivity contribution in [1.82, 2.24) is 14.6 Å². The van der Waals surface area contributed by atoms with E-state index >= 15 is 0 Å². The lowest BCUT2D eigenvalue weighted by Gasteiger charge is -2.39. The minimum absolute atomic E-state index is 0.0347. The maximum Gasteiger partial charge on any atom is 0.293 e. The van der Waals surface area contributed by atoms with Crippen molar-refractivity contribution in [1.29, 1.82) is 0 Å². The third kappa shape index (κ3) is 9.79. The Kier molecular flexibility index (Phi) is 12.6. The Hall–Kier alpha value is -5.41. The number of aliphatic hydroxyl groups is 1. The molecule has 0 radical (unpaired) electrons. The number of anilines is 2. The molecule has 2 aliphatic rings. The number of nitrogens with zero attached hydrogens (tertiary/aromatic N) is 3. The average Bonchev–Trinajstić information content (AvgIpc) is 3.69. The number of piperazine rings is 1. The van der Waals surface area contributed by atoms with E-state index in [0.717, 1.165) is 79.7 Å². The first-order valence-corrected chi connectivity index (χ1v) is 22.0. The third-order valence-electron chi connectivity index (χ3n) is 11.5. The molecule has 1 saturated heterocycles. The van der Waals surface area contributed by atoms with E-state index in [1.807, 2.05) is 50.4 Å². The highest BCUT2D eigenvalue weighted by Gasteiger charge is 2.31. The molecule has 0 saturated carbocycles. The second-order valence-corrected chi connectivity index (χ2v) is 18.9. The molecule has 0 bridgehead atoms. The second-order valence-electron chi connectivity index (χ2n) is 16.8. The number of nitro groups is 1. The van der Waals surface area contributed by atoms with Crippen LogP contribution >= 0.6 is 11.6 Å². The first-order valence-electron chi connectivity index (χ1n) is 20.2. The zero-order chi connectivity index (χ0) is 42.8. The van der Waals surface area contributed by atoms with Crippen molar-refractivity contribution in [3.05, 3.63) is 123 Å². The van der Waals surface area contributed by atoms with E-state index in [9.17, 15) is 28.4 Å². The number of amides is 1. The van der Waals surface area contributed by atoms with Crippen molar-refractivity contribution >= 4 is 61.1 Å². The number of aliphatic hydroxyl groups excluding tert-OH is 1. The number of H-pyrrole nitrogens is 1. The molecule has 60 heavy (non-hydrogen) atoms. The van der Waals surface area contributed by atoms with Crippen LogP contribution in [0, 0.1) is 21.4 Å². The molecular formula is C45H51ClN6O7S. The number of aromatic amines is 1. The maximum atomic E-state index is 13.9. The number of carbonyl (C=O) groups excluding carboxylic acids is 1. The molecule has 4 N–H and O–H groups in total. The van der Waals surface area contributed by atoms with Gasteiger partial charge in [0.2, 0.25) is 0 Å². The van der Waals surface area contributed by atoms with Gasteiger partial charge in [-0.05, 0) is 102 Å². The fourth-order valence-electron chi connectivity index (χ4n) is 7.91. The van der Waals surface area contributed by atoms with Crippen LogP contribution in [0.25, 0.3) is 16.5 Å². The van der Waals surface area contributed by atoms with Crippen LogP contribution in [0.1, 0.15) is 62.9 Å². The number of nitrogens with one attached hydrogen (secondary N) is 3. The van der Waals surface area contributed by atoms with Gasteiger partial charge < -0.3 is 25.0 Å². The Morgan fingerprint density at radius 3 is 2.45 bits per heavy atom. The van der Waals surface area contributed by atoms with Crippen LogP contribution in [-0.4, -0.2) is 79.6 Å². The summed E-state index contributed by atoms with van der Waals surface area (Å²) in [5, 5.41) is 26.3. The van der Waals surface area contributed by atoms with Crippen molar-refractivity contribution < 1.29 is 28.0 Å². The Balaban J connectivity index is 1.12. The molecule has 1 aliphatic heterocycles. The summed E-state index contributed by atoms with van der Waals surface area (Å²) in [5.74, 6) is -0.437. The van der Waals surface area contributed by atoms with Crippen LogP contribution in [-0.2, 0) is 10.0 Å². The predicted molar refractivity (Wildman–Crippen MR) is 237 cm³/mol. The summed E-state index contributed by atoms with van der Waals surface area (Å²) in [6, 6.07) is 23.4. The number of benzene rings is 4. The molecule has 7 rings (SSSR count). The lowest BCUT2D eigenvalue weighted by Crippen LogP contribution is -2.47. The van der Waals surface area contributed by atoms with E-state index in [2.05, 4.69) is 50.8 Å². The van der Waals surface area contributed by atoms with Gasteiger partial charge in [0.05, 0.1) is 28.0 Å². The molecule has 4 aromatic carbocycles. The number of hydrogen-bond donors (Lipinski definition) is 4. The number of sulfonamides is 1. The summed E-state index contributed by atoms with van der Waals surface area (Å²) >= 11 is 6.23. The van der Waals surface area contributed by atoms with Crippen molar-refractivity contribution in [2.75, 3.05) is 49.5 Å². The van der Waals surface area contributed by atoms with E-state index in [1.54, 1.807) is 24.3 Å². The van der Waals surface area contributed by atoms with Gasteiger partial charge >= 0.3 is 0 Å². The van der Waals surface area contributed by atoms with Gasteiger partial charge in [-0.1, -0.05) is 57.0 Å². The molecule has 1 atom stereocenters. The topological polar surface area (TPSA) is 170 Å². The summed E-state index contributed by atoms with van der Waals surface area (Å²) in [6.45, 7) is 12.0. The minimum atomic E-state index is -4.59. The largest absolute Gasteiger partial charge is 0.456 e. The molecule has 5 aromatic rings. The predicted octanol–water partition coefficient (Wildman–Crippen LogP) is 8.86. The van der Waals surface area contributed by atoms with Gasteiger partial charge in [-0.25, -0.2) is 13.1 Å². The molecule has 0 unspecified atom stereocenters. The molecule has 1 fully saturated rings. The van der Waals surface area contributed by atoms with Gasteiger partial charge in [0.15, 0.2) is 0 Å². The standard InChI is InChI=1S/C45H51ClN6O7S/c1-29(2)41(28-53)48-40-14-11-36(25-42(40)52(55)56)60(57,58)49-44(54)37-12-9-34(24-43(37)59-35-10-13-39-31(23-35)16-18-47-39)51-21-19-50(20-22-51)27-32-15-17-45(3,4)26-38(32)30-5-7-33(46)8-6-30/h5-14,16,18,23-25,29,41,47-48,53H,15,17,19-22,26-28H2,1-4H3,(H,49,54)/t41-/m0/s1. The smallest absolute Gasteiger partial charge is 0.293 e. The highest BCUT2D eigenvalue weighted by atomic mass is 35.5. The maximum absolute atomic E-state index is 13.9. The Morgan fingerprint density at radius 1 is 1.00 bits per heavy atom. The van der Waals surface area contributed by atoms with Gasteiger partial charge in [0, 0.05) is 72.7 Å². The number of ether oxygens (including phenoxy) is 1. The molecule has 13 nitrogen and oxygen atoms in total. The normalized spacial score (nSPS) is 16.6. The number of aromatic nitrogens is 1. The van der Waals surface area contributed by atoms with Gasteiger partial charge in [0.25, 0.3) is 21.6 Å². The quantitative estimate of drug-likeness (QED) is 0.0625. The zero-order valence-corrected chi connectivity index (χ0v) is 35.8.